The number of amides is 2. The second kappa shape index (κ2) is 12.5. The van der Waals surface area contributed by atoms with Crippen molar-refractivity contribution in [3.8, 4) is 0 Å². The van der Waals surface area contributed by atoms with Crippen LogP contribution in [-0.4, -0.2) is 68.8 Å². The van der Waals surface area contributed by atoms with Gasteiger partial charge in [-0.15, -0.1) is 0 Å². The summed E-state index contributed by atoms with van der Waals surface area (Å²) in [4.78, 5) is 42.1. The van der Waals surface area contributed by atoms with Crippen molar-refractivity contribution >= 4 is 19.2 Å². The highest BCUT2D eigenvalue weighted by Gasteiger charge is 2.30. The zero-order valence-electron chi connectivity index (χ0n) is 19.0. The summed E-state index contributed by atoms with van der Waals surface area (Å²) < 4.78 is 12.5. The van der Waals surface area contributed by atoms with Crippen LogP contribution in [-0.2, 0) is 20.6 Å². The molecule has 0 saturated heterocycles. The van der Waals surface area contributed by atoms with Gasteiger partial charge in [-0.3, -0.25) is 14.2 Å². The number of nitrogens with zero attached hydrogens (tertiary/aromatic N) is 1. The molecule has 0 bridgehead atoms. The molecule has 1 saturated carbocycles. The molecule has 1 aromatic rings. The fourth-order valence-corrected chi connectivity index (χ4v) is 6.20. The van der Waals surface area contributed by atoms with E-state index in [2.05, 4.69) is 20.6 Å². The summed E-state index contributed by atoms with van der Waals surface area (Å²) in [5, 5.41) is 15.5. The Bertz CT molecular complexity index is 767. The number of imidazole rings is 1. The third-order valence-corrected chi connectivity index (χ3v) is 7.93. The molecule has 0 aliphatic heterocycles. The average molecular weight is 472 g/mol. The number of rotatable bonds is 12. The maximum absolute atomic E-state index is 12.6. The molecule has 2 rings (SSSR count). The normalized spacial score (nSPS) is 19.7. The molecule has 1 aliphatic carbocycles. The Morgan fingerprint density at radius 1 is 1.28 bits per heavy atom. The fourth-order valence-electron chi connectivity index (χ4n) is 4.09. The van der Waals surface area contributed by atoms with Crippen LogP contribution in [0.2, 0.25) is 0 Å². The van der Waals surface area contributed by atoms with Crippen molar-refractivity contribution in [2.24, 2.45) is 17.6 Å². The highest BCUT2D eigenvalue weighted by atomic mass is 31.2. The molecule has 0 radical (unpaired) electrons. The lowest BCUT2D eigenvalue weighted by Crippen LogP contribution is -2.55. The smallest absolute Gasteiger partial charge is 0.242 e. The van der Waals surface area contributed by atoms with Crippen LogP contribution < -0.4 is 16.4 Å². The van der Waals surface area contributed by atoms with Crippen LogP contribution in [0.4, 0.5) is 0 Å². The summed E-state index contributed by atoms with van der Waals surface area (Å²) >= 11 is 0. The first-order valence-corrected chi connectivity index (χ1v) is 13.4. The number of aromatic nitrogens is 2. The third kappa shape index (κ3) is 9.02. The highest BCUT2D eigenvalue weighted by Crippen LogP contribution is 2.45. The number of carbonyl (C=O) groups excluding carboxylic acids is 2. The third-order valence-electron chi connectivity index (χ3n) is 5.85. The molecule has 10 nitrogen and oxygen atoms in total. The molecular weight excluding hydrogens is 433 g/mol. The van der Waals surface area contributed by atoms with Gasteiger partial charge in [0.2, 0.25) is 19.2 Å². The number of aliphatic hydroxyl groups excluding tert-OH is 1. The fraction of sp³-hybridized carbons (Fsp3) is 0.762. The number of aromatic amines is 1. The topological polar surface area (TPSA) is 170 Å². The van der Waals surface area contributed by atoms with E-state index in [0.717, 1.165) is 25.7 Å². The monoisotopic (exact) mass is 471 g/mol. The maximum atomic E-state index is 12.6. The molecule has 1 fully saturated rings. The van der Waals surface area contributed by atoms with Gasteiger partial charge in [0.1, 0.15) is 6.04 Å². The van der Waals surface area contributed by atoms with Crippen LogP contribution in [0.1, 0.15) is 51.6 Å². The van der Waals surface area contributed by atoms with E-state index in [1.165, 1.54) is 12.7 Å². The highest BCUT2D eigenvalue weighted by molar-refractivity contribution is 7.58. The number of hydrogen-bond donors (Lipinski definition) is 6. The van der Waals surface area contributed by atoms with E-state index in [4.69, 9.17) is 5.73 Å². The Morgan fingerprint density at radius 2 is 1.97 bits per heavy atom. The van der Waals surface area contributed by atoms with Crippen LogP contribution in [0, 0.1) is 11.8 Å². The molecule has 2 amide bonds. The minimum atomic E-state index is -3.48. The first kappa shape index (κ1) is 26.5. The van der Waals surface area contributed by atoms with E-state index in [1.54, 1.807) is 20.0 Å². The van der Waals surface area contributed by atoms with Gasteiger partial charge in [0, 0.05) is 31.0 Å². The number of carbonyl (C=O) groups is 2. The minimum Gasteiger partial charge on any atom is -0.391 e. The summed E-state index contributed by atoms with van der Waals surface area (Å²) in [6.07, 6.45) is 7.40. The van der Waals surface area contributed by atoms with Crippen molar-refractivity contribution in [1.82, 2.24) is 20.6 Å². The Kier molecular flexibility index (Phi) is 10.3. The van der Waals surface area contributed by atoms with Gasteiger partial charge in [-0.25, -0.2) is 4.98 Å². The molecule has 182 valence electrons. The average Bonchev–Trinajstić information content (AvgIpc) is 3.22. The number of nitrogens with two attached hydrogens (primary N) is 1. The van der Waals surface area contributed by atoms with Gasteiger partial charge in [0.25, 0.3) is 0 Å². The minimum absolute atomic E-state index is 0.159. The summed E-state index contributed by atoms with van der Waals surface area (Å²) in [7, 11) is -3.48. The van der Waals surface area contributed by atoms with Crippen molar-refractivity contribution in [1.29, 1.82) is 0 Å². The molecule has 0 spiro atoms. The zero-order valence-corrected chi connectivity index (χ0v) is 19.9. The van der Waals surface area contributed by atoms with E-state index in [0.29, 0.717) is 5.69 Å². The largest absolute Gasteiger partial charge is 0.391 e. The SMILES string of the molecule is CC(C)C(NC(=O)C(N)Cc1cnc[nH]1)C(=O)NCC(O)CP(=O)(O)CC1CCCCC1. The van der Waals surface area contributed by atoms with E-state index in [-0.39, 0.29) is 37.1 Å². The van der Waals surface area contributed by atoms with E-state index >= 15 is 0 Å². The lowest BCUT2D eigenvalue weighted by molar-refractivity contribution is -0.130. The van der Waals surface area contributed by atoms with Crippen LogP contribution in [0.5, 0.6) is 0 Å². The van der Waals surface area contributed by atoms with Crippen LogP contribution in [0.3, 0.4) is 0 Å². The number of aliphatic hydroxyl groups is 1. The molecule has 11 heteroatoms. The predicted molar refractivity (Wildman–Crippen MR) is 122 cm³/mol. The van der Waals surface area contributed by atoms with Gasteiger partial charge in [0.15, 0.2) is 0 Å². The van der Waals surface area contributed by atoms with Gasteiger partial charge < -0.3 is 31.4 Å². The van der Waals surface area contributed by atoms with Gasteiger partial charge >= 0.3 is 0 Å². The van der Waals surface area contributed by atoms with Crippen molar-refractivity contribution in [3.05, 3.63) is 18.2 Å². The second-order valence-corrected chi connectivity index (χ2v) is 11.7. The van der Waals surface area contributed by atoms with Crippen molar-refractivity contribution in [2.75, 3.05) is 18.9 Å². The van der Waals surface area contributed by atoms with Gasteiger partial charge in [-0.2, -0.15) is 0 Å². The van der Waals surface area contributed by atoms with Gasteiger partial charge in [-0.1, -0.05) is 33.1 Å². The predicted octanol–water partition coefficient (Wildman–Crippen LogP) is 0.748. The molecule has 1 aromatic heterocycles. The van der Waals surface area contributed by atoms with E-state index in [1.807, 2.05) is 0 Å². The molecule has 0 aromatic carbocycles. The first-order chi connectivity index (χ1) is 15.1. The van der Waals surface area contributed by atoms with Gasteiger partial charge in [-0.05, 0) is 24.7 Å². The van der Waals surface area contributed by atoms with Crippen LogP contribution in [0.15, 0.2) is 12.5 Å². The second-order valence-electron chi connectivity index (χ2n) is 9.23. The Morgan fingerprint density at radius 3 is 2.56 bits per heavy atom. The molecule has 7 N–H and O–H groups in total. The standard InChI is InChI=1S/C21H38N5O5P/c1-14(2)19(26-20(28)18(22)8-16-9-23-13-25-16)21(29)24-10-17(27)12-32(30,31)11-15-6-4-3-5-7-15/h9,13-15,17-19,27H,3-8,10-12,22H2,1-2H3,(H,23,25)(H,24,29)(H,26,28)(H,30,31). The van der Waals surface area contributed by atoms with Crippen LogP contribution >= 0.6 is 7.37 Å². The lowest BCUT2D eigenvalue weighted by Gasteiger charge is -2.26. The van der Waals surface area contributed by atoms with Crippen molar-refractivity contribution in [3.63, 3.8) is 0 Å². The lowest BCUT2D eigenvalue weighted by atomic mass is 9.91. The number of hydrogen-bond acceptors (Lipinski definition) is 6. The van der Waals surface area contributed by atoms with Crippen molar-refractivity contribution in [2.45, 2.75) is 70.6 Å². The Balaban J connectivity index is 1.80. The zero-order chi connectivity index (χ0) is 23.7. The van der Waals surface area contributed by atoms with Crippen molar-refractivity contribution < 1.29 is 24.2 Å². The molecule has 1 aliphatic rings. The number of nitrogens with one attached hydrogen (secondary N) is 3. The molecule has 1 heterocycles. The summed E-state index contributed by atoms with van der Waals surface area (Å²) in [6, 6.07) is -1.69. The first-order valence-electron chi connectivity index (χ1n) is 11.4. The quantitative estimate of drug-likeness (QED) is 0.244. The molecular formula is C21H38N5O5P. The summed E-state index contributed by atoms with van der Waals surface area (Å²) in [5.41, 5.74) is 6.65. The molecule has 4 unspecified atom stereocenters. The summed E-state index contributed by atoms with van der Waals surface area (Å²) in [5.74, 6) is -0.930. The van der Waals surface area contributed by atoms with Crippen LogP contribution in [0.25, 0.3) is 0 Å². The summed E-state index contributed by atoms with van der Waals surface area (Å²) in [6.45, 7) is 3.41. The van der Waals surface area contributed by atoms with E-state index < -0.39 is 37.4 Å². The Hall–Kier alpha value is -1.74. The molecule has 32 heavy (non-hydrogen) atoms. The molecule has 4 atom stereocenters. The Labute approximate surface area is 189 Å². The maximum Gasteiger partial charge on any atom is 0.242 e. The van der Waals surface area contributed by atoms with E-state index in [9.17, 15) is 24.2 Å². The van der Waals surface area contributed by atoms with Gasteiger partial charge in [0.05, 0.1) is 24.6 Å². The number of H-pyrrole nitrogens is 1.